The highest BCUT2D eigenvalue weighted by Gasteiger charge is 2.31. The molecule has 0 saturated heterocycles. The highest BCUT2D eigenvalue weighted by atomic mass is 19.4. The molecule has 2 aromatic carbocycles. The second-order valence-corrected chi connectivity index (χ2v) is 7.58. The van der Waals surface area contributed by atoms with Crippen molar-refractivity contribution in [3.63, 3.8) is 0 Å². The molecular formula is C24H27F3N2O. The van der Waals surface area contributed by atoms with Crippen LogP contribution >= 0.6 is 0 Å². The molecule has 0 fully saturated rings. The smallest absolute Gasteiger partial charge is 0.361 e. The number of fused-ring (bicyclic) bond motifs is 1. The molecule has 2 N–H and O–H groups in total. The number of H-pyrrole nitrogens is 1. The third-order valence-corrected chi connectivity index (χ3v) is 5.35. The van der Waals surface area contributed by atoms with Crippen LogP contribution in [0.4, 0.5) is 13.2 Å². The summed E-state index contributed by atoms with van der Waals surface area (Å²) in [6, 6.07) is 12.9. The molecule has 0 bridgehead atoms. The molecule has 1 aromatic heterocycles. The minimum Gasteiger partial charge on any atom is -0.361 e. The molecule has 0 radical (unpaired) electrons. The van der Waals surface area contributed by atoms with Gasteiger partial charge in [0.15, 0.2) is 0 Å². The van der Waals surface area contributed by atoms with Crippen LogP contribution in [-0.2, 0) is 11.0 Å². The van der Waals surface area contributed by atoms with E-state index in [4.69, 9.17) is 0 Å². The average Bonchev–Trinajstić information content (AvgIpc) is 3.15. The number of halogens is 3. The zero-order valence-electron chi connectivity index (χ0n) is 17.1. The molecule has 1 atom stereocenters. The lowest BCUT2D eigenvalue weighted by atomic mass is 9.87. The van der Waals surface area contributed by atoms with Gasteiger partial charge >= 0.3 is 6.18 Å². The predicted molar refractivity (Wildman–Crippen MR) is 113 cm³/mol. The zero-order valence-corrected chi connectivity index (χ0v) is 17.1. The number of carbonyl (C=O) groups excluding carboxylic acids is 1. The molecule has 3 rings (SSSR count). The Kier molecular flexibility index (Phi) is 7.19. The van der Waals surface area contributed by atoms with Crippen molar-refractivity contribution in [3.8, 4) is 0 Å². The molecule has 0 aliphatic carbocycles. The topological polar surface area (TPSA) is 44.9 Å². The summed E-state index contributed by atoms with van der Waals surface area (Å²) in [6.07, 6.45) is 1.66. The monoisotopic (exact) mass is 416 g/mol. The number of alkyl halides is 3. The minimum absolute atomic E-state index is 0.0942. The highest BCUT2D eigenvalue weighted by molar-refractivity contribution is 5.86. The Morgan fingerprint density at radius 3 is 2.63 bits per heavy atom. The van der Waals surface area contributed by atoms with Gasteiger partial charge in [-0.25, -0.2) is 0 Å². The maximum absolute atomic E-state index is 13.3. The third-order valence-electron chi connectivity index (χ3n) is 5.35. The molecular weight excluding hydrogens is 389 g/mol. The lowest BCUT2D eigenvalue weighted by Crippen LogP contribution is -2.26. The van der Waals surface area contributed by atoms with E-state index in [0.717, 1.165) is 54.3 Å². The number of aromatic nitrogens is 1. The lowest BCUT2D eigenvalue weighted by Gasteiger charge is -2.19. The van der Waals surface area contributed by atoms with Crippen molar-refractivity contribution in [2.45, 2.75) is 51.1 Å². The summed E-state index contributed by atoms with van der Waals surface area (Å²) in [5.41, 5.74) is 1.50. The van der Waals surface area contributed by atoms with Crippen LogP contribution in [0.3, 0.4) is 0 Å². The van der Waals surface area contributed by atoms with Crippen molar-refractivity contribution in [1.29, 1.82) is 0 Å². The van der Waals surface area contributed by atoms with E-state index in [1.807, 2.05) is 24.3 Å². The minimum atomic E-state index is -4.43. The third kappa shape index (κ3) is 5.43. The van der Waals surface area contributed by atoms with Crippen molar-refractivity contribution >= 4 is 16.8 Å². The molecule has 0 aliphatic rings. The number of unbranched alkanes of at least 4 members (excludes halogenated alkanes) is 3. The quantitative estimate of drug-likeness (QED) is 0.389. The summed E-state index contributed by atoms with van der Waals surface area (Å²) in [4.78, 5) is 15.8. The maximum Gasteiger partial charge on any atom is 0.416 e. The number of amides is 1. The van der Waals surface area contributed by atoms with Gasteiger partial charge in [-0.2, -0.15) is 13.2 Å². The Morgan fingerprint density at radius 2 is 1.87 bits per heavy atom. The first kappa shape index (κ1) is 21.9. The van der Waals surface area contributed by atoms with E-state index >= 15 is 0 Å². The van der Waals surface area contributed by atoms with Crippen LogP contribution in [0.5, 0.6) is 0 Å². The van der Waals surface area contributed by atoms with Crippen LogP contribution in [0, 0.1) is 0 Å². The number of carbonyl (C=O) groups is 1. The van der Waals surface area contributed by atoms with Gasteiger partial charge in [-0.05, 0) is 29.7 Å². The second kappa shape index (κ2) is 9.83. The summed E-state index contributed by atoms with van der Waals surface area (Å²) in [5.74, 6) is -0.627. The van der Waals surface area contributed by atoms with Crippen molar-refractivity contribution in [2.24, 2.45) is 0 Å². The Bertz CT molecular complexity index is 978. The van der Waals surface area contributed by atoms with E-state index in [1.54, 1.807) is 12.3 Å². The van der Waals surface area contributed by atoms with Gasteiger partial charge in [0.25, 0.3) is 0 Å². The molecule has 3 nitrogen and oxygen atoms in total. The Morgan fingerprint density at radius 1 is 1.07 bits per heavy atom. The van der Waals surface area contributed by atoms with E-state index in [2.05, 4.69) is 17.2 Å². The Balaban J connectivity index is 1.87. The first-order valence-corrected chi connectivity index (χ1v) is 10.4. The fraction of sp³-hybridized carbons (Fsp3) is 0.375. The zero-order chi connectivity index (χ0) is 21.6. The second-order valence-electron chi connectivity index (χ2n) is 7.58. The fourth-order valence-corrected chi connectivity index (χ4v) is 3.76. The van der Waals surface area contributed by atoms with Gasteiger partial charge in [0, 0.05) is 36.0 Å². The van der Waals surface area contributed by atoms with Gasteiger partial charge in [-0.1, -0.05) is 62.6 Å². The van der Waals surface area contributed by atoms with Gasteiger partial charge in [-0.15, -0.1) is 0 Å². The van der Waals surface area contributed by atoms with Crippen LogP contribution in [0.15, 0.2) is 54.7 Å². The van der Waals surface area contributed by atoms with Gasteiger partial charge < -0.3 is 10.3 Å². The van der Waals surface area contributed by atoms with Crippen LogP contribution in [0.1, 0.15) is 61.6 Å². The van der Waals surface area contributed by atoms with Crippen molar-refractivity contribution in [2.75, 3.05) is 6.54 Å². The molecule has 0 spiro atoms. The number of benzene rings is 2. The molecule has 1 unspecified atom stereocenters. The van der Waals surface area contributed by atoms with Crippen molar-refractivity contribution in [3.05, 3.63) is 71.4 Å². The summed E-state index contributed by atoms with van der Waals surface area (Å²) < 4.78 is 39.8. The fourth-order valence-electron chi connectivity index (χ4n) is 3.76. The highest BCUT2D eigenvalue weighted by Crippen LogP contribution is 2.36. The standard InChI is InChI=1S/C24H27F3N2O/c1-2-3-4-7-13-28-23(30)15-20(17-9-8-10-18(14-17)24(25,26)27)21-16-29-22-12-6-5-11-19(21)22/h5-6,8-12,14,16,20,29H,2-4,7,13,15H2,1H3,(H,28,30). The van der Waals surface area contributed by atoms with E-state index in [-0.39, 0.29) is 12.3 Å². The first-order valence-electron chi connectivity index (χ1n) is 10.4. The Labute approximate surface area is 174 Å². The van der Waals surface area contributed by atoms with Gasteiger partial charge in [0.2, 0.25) is 5.91 Å². The average molecular weight is 416 g/mol. The van der Waals surface area contributed by atoms with Crippen molar-refractivity contribution < 1.29 is 18.0 Å². The summed E-state index contributed by atoms with van der Waals surface area (Å²) >= 11 is 0. The van der Waals surface area contributed by atoms with Crippen LogP contribution < -0.4 is 5.32 Å². The Hall–Kier alpha value is -2.76. The summed E-state index contributed by atoms with van der Waals surface area (Å²) in [7, 11) is 0. The number of hydrogen-bond donors (Lipinski definition) is 2. The largest absolute Gasteiger partial charge is 0.416 e. The van der Waals surface area contributed by atoms with Gasteiger partial charge in [0.1, 0.15) is 0 Å². The molecule has 160 valence electrons. The van der Waals surface area contributed by atoms with Crippen molar-refractivity contribution in [1.82, 2.24) is 10.3 Å². The molecule has 1 amide bonds. The molecule has 6 heteroatoms. The first-order chi connectivity index (χ1) is 14.4. The maximum atomic E-state index is 13.3. The lowest BCUT2D eigenvalue weighted by molar-refractivity contribution is -0.137. The van der Waals surface area contributed by atoms with E-state index in [9.17, 15) is 18.0 Å². The summed E-state index contributed by atoms with van der Waals surface area (Å²) in [6.45, 7) is 2.71. The SMILES string of the molecule is CCCCCCNC(=O)CC(c1cccc(C(F)(F)F)c1)c1c[nH]c2ccccc12. The predicted octanol–water partition coefficient (Wildman–Crippen LogP) is 6.41. The number of hydrogen-bond acceptors (Lipinski definition) is 1. The van der Waals surface area contributed by atoms with E-state index in [1.165, 1.54) is 6.07 Å². The van der Waals surface area contributed by atoms with Crippen LogP contribution in [-0.4, -0.2) is 17.4 Å². The van der Waals surface area contributed by atoms with Crippen LogP contribution in [0.2, 0.25) is 0 Å². The van der Waals surface area contributed by atoms with Gasteiger partial charge in [0.05, 0.1) is 5.56 Å². The van der Waals surface area contributed by atoms with E-state index in [0.29, 0.717) is 12.1 Å². The van der Waals surface area contributed by atoms with Crippen LogP contribution in [0.25, 0.3) is 10.9 Å². The number of aromatic amines is 1. The molecule has 0 aliphatic heterocycles. The number of rotatable bonds is 9. The number of para-hydroxylation sites is 1. The van der Waals surface area contributed by atoms with Gasteiger partial charge in [-0.3, -0.25) is 4.79 Å². The molecule has 1 heterocycles. The molecule has 0 saturated carbocycles. The normalized spacial score (nSPS) is 12.8. The molecule has 3 aromatic rings. The number of nitrogens with one attached hydrogen (secondary N) is 2. The summed E-state index contributed by atoms with van der Waals surface area (Å²) in [5, 5.41) is 3.84. The molecule has 30 heavy (non-hydrogen) atoms. The van der Waals surface area contributed by atoms with E-state index < -0.39 is 17.7 Å².